The number of rotatable bonds is 5. The Morgan fingerprint density at radius 3 is 2.76 bits per heavy atom. The number of nitrogens with one attached hydrogen (secondary N) is 1. The molecule has 1 aromatic carbocycles. The van der Waals surface area contributed by atoms with Gasteiger partial charge in [0.15, 0.2) is 0 Å². The van der Waals surface area contributed by atoms with Crippen LogP contribution in [0.25, 0.3) is 0 Å². The number of halogens is 1. The van der Waals surface area contributed by atoms with Gasteiger partial charge in [-0.05, 0) is 38.5 Å². The highest BCUT2D eigenvalue weighted by molar-refractivity contribution is 5.57. The van der Waals surface area contributed by atoms with E-state index in [0.717, 1.165) is 6.42 Å². The van der Waals surface area contributed by atoms with Crippen molar-refractivity contribution in [3.05, 3.63) is 29.6 Å². The Hall–Kier alpha value is -1.60. The van der Waals surface area contributed by atoms with Gasteiger partial charge in [0.25, 0.3) is 0 Å². The average Bonchev–Trinajstić information content (AvgIpc) is 2.30. The van der Waals surface area contributed by atoms with Crippen molar-refractivity contribution >= 4 is 5.69 Å². The molecule has 4 heteroatoms. The second kappa shape index (κ2) is 5.65. The molecule has 0 atom stereocenters. The van der Waals surface area contributed by atoms with E-state index in [1.54, 1.807) is 13.2 Å². The quantitative estimate of drug-likeness (QED) is 0.855. The lowest BCUT2D eigenvalue weighted by Crippen LogP contribution is -2.25. The average molecular weight is 236 g/mol. The van der Waals surface area contributed by atoms with Crippen molar-refractivity contribution in [2.24, 2.45) is 0 Å². The number of hydrogen-bond acceptors (Lipinski definition) is 3. The number of ether oxygens (including phenoxy) is 1. The van der Waals surface area contributed by atoms with E-state index in [9.17, 15) is 4.39 Å². The fraction of sp³-hybridized carbons (Fsp3) is 0.462. The molecule has 0 heterocycles. The van der Waals surface area contributed by atoms with Crippen molar-refractivity contribution in [1.82, 2.24) is 0 Å². The van der Waals surface area contributed by atoms with Gasteiger partial charge in [-0.3, -0.25) is 0 Å². The largest absolute Gasteiger partial charge is 0.384 e. The lowest BCUT2D eigenvalue weighted by Gasteiger charge is -2.23. The zero-order valence-electron chi connectivity index (χ0n) is 10.4. The van der Waals surface area contributed by atoms with Crippen LogP contribution in [-0.4, -0.2) is 19.3 Å². The van der Waals surface area contributed by atoms with E-state index >= 15 is 0 Å². The predicted octanol–water partition coefficient (Wildman–Crippen LogP) is 2.92. The van der Waals surface area contributed by atoms with Gasteiger partial charge in [-0.1, -0.05) is 0 Å². The van der Waals surface area contributed by atoms with Crippen LogP contribution in [0.3, 0.4) is 0 Å². The lowest BCUT2D eigenvalue weighted by molar-refractivity contribution is 0.0185. The minimum atomic E-state index is -0.399. The van der Waals surface area contributed by atoms with Gasteiger partial charge in [-0.2, -0.15) is 5.26 Å². The van der Waals surface area contributed by atoms with Crippen molar-refractivity contribution in [2.75, 3.05) is 19.0 Å². The van der Waals surface area contributed by atoms with E-state index in [1.165, 1.54) is 12.1 Å². The molecule has 0 unspecified atom stereocenters. The van der Waals surface area contributed by atoms with Gasteiger partial charge in [-0.25, -0.2) is 4.39 Å². The van der Waals surface area contributed by atoms with E-state index in [1.807, 2.05) is 19.9 Å². The molecule has 0 spiro atoms. The lowest BCUT2D eigenvalue weighted by atomic mass is 10.1. The second-order valence-electron chi connectivity index (χ2n) is 4.44. The molecule has 0 aromatic heterocycles. The van der Waals surface area contributed by atoms with Crippen LogP contribution in [0.15, 0.2) is 18.2 Å². The Balaban J connectivity index is 2.62. The Bertz CT molecular complexity index is 424. The van der Waals surface area contributed by atoms with Gasteiger partial charge in [0, 0.05) is 13.7 Å². The number of anilines is 1. The number of hydrogen-bond donors (Lipinski definition) is 1. The Kier molecular flexibility index (Phi) is 4.47. The highest BCUT2D eigenvalue weighted by Gasteiger charge is 2.15. The van der Waals surface area contributed by atoms with E-state index in [0.29, 0.717) is 17.8 Å². The van der Waals surface area contributed by atoms with E-state index in [-0.39, 0.29) is 5.60 Å². The first kappa shape index (κ1) is 13.5. The summed E-state index contributed by atoms with van der Waals surface area (Å²) in [5.41, 5.74) is 0.765. The van der Waals surface area contributed by atoms with Gasteiger partial charge in [0.05, 0.1) is 16.9 Å². The summed E-state index contributed by atoms with van der Waals surface area (Å²) in [6, 6.07) is 6.11. The summed E-state index contributed by atoms with van der Waals surface area (Å²) in [6.07, 6.45) is 0.797. The molecule has 0 saturated heterocycles. The number of methoxy groups -OCH3 is 1. The minimum absolute atomic E-state index is 0.208. The third-order valence-corrected chi connectivity index (χ3v) is 2.70. The monoisotopic (exact) mass is 236 g/mol. The highest BCUT2D eigenvalue weighted by atomic mass is 19.1. The van der Waals surface area contributed by atoms with Crippen LogP contribution in [-0.2, 0) is 4.74 Å². The molecule has 1 N–H and O–H groups in total. The van der Waals surface area contributed by atoms with Crippen LogP contribution in [0.5, 0.6) is 0 Å². The third-order valence-electron chi connectivity index (χ3n) is 2.70. The number of benzene rings is 1. The van der Waals surface area contributed by atoms with Gasteiger partial charge < -0.3 is 10.1 Å². The maximum Gasteiger partial charge on any atom is 0.124 e. The molecule has 1 rings (SSSR count). The molecule has 0 bridgehead atoms. The smallest absolute Gasteiger partial charge is 0.124 e. The number of nitriles is 1. The fourth-order valence-corrected chi connectivity index (χ4v) is 1.36. The zero-order valence-corrected chi connectivity index (χ0v) is 10.4. The molecule has 1 aromatic rings. The Labute approximate surface area is 101 Å². The van der Waals surface area contributed by atoms with Crippen LogP contribution >= 0.6 is 0 Å². The standard InChI is InChI=1S/C13H17FN2O/c1-13(2,17-3)6-7-16-12-5-4-11(14)8-10(12)9-15/h4-5,8,16H,6-7H2,1-3H3. The fourth-order valence-electron chi connectivity index (χ4n) is 1.36. The summed E-state index contributed by atoms with van der Waals surface area (Å²) >= 11 is 0. The SMILES string of the molecule is COC(C)(C)CCNc1ccc(F)cc1C#N. The molecule has 92 valence electrons. The van der Waals surface area contributed by atoms with Gasteiger partial charge in [-0.15, -0.1) is 0 Å². The summed E-state index contributed by atoms with van der Waals surface area (Å²) in [5.74, 6) is -0.399. The van der Waals surface area contributed by atoms with Crippen molar-refractivity contribution in [3.63, 3.8) is 0 Å². The molecule has 0 saturated carbocycles. The van der Waals surface area contributed by atoms with Crippen LogP contribution in [0.1, 0.15) is 25.8 Å². The molecule has 0 aliphatic carbocycles. The van der Waals surface area contributed by atoms with Crippen LogP contribution < -0.4 is 5.32 Å². The molecule has 17 heavy (non-hydrogen) atoms. The van der Waals surface area contributed by atoms with Gasteiger partial charge in [0.1, 0.15) is 11.9 Å². The van der Waals surface area contributed by atoms with Gasteiger partial charge >= 0.3 is 0 Å². The van der Waals surface area contributed by atoms with E-state index in [2.05, 4.69) is 5.32 Å². The van der Waals surface area contributed by atoms with Crippen molar-refractivity contribution in [2.45, 2.75) is 25.9 Å². The van der Waals surface area contributed by atoms with Crippen molar-refractivity contribution in [1.29, 1.82) is 5.26 Å². The normalized spacial score (nSPS) is 11.0. The molecule has 0 fully saturated rings. The second-order valence-corrected chi connectivity index (χ2v) is 4.44. The molecule has 3 nitrogen and oxygen atoms in total. The third kappa shape index (κ3) is 4.04. The predicted molar refractivity (Wildman–Crippen MR) is 65.3 cm³/mol. The maximum atomic E-state index is 12.9. The Morgan fingerprint density at radius 2 is 2.18 bits per heavy atom. The number of nitrogens with zero attached hydrogens (tertiary/aromatic N) is 1. The first-order valence-corrected chi connectivity index (χ1v) is 5.47. The summed E-state index contributed by atoms with van der Waals surface area (Å²) in [4.78, 5) is 0. The van der Waals surface area contributed by atoms with Crippen molar-refractivity contribution < 1.29 is 9.13 Å². The molecule has 0 amide bonds. The van der Waals surface area contributed by atoms with Gasteiger partial charge in [0.2, 0.25) is 0 Å². The molecular weight excluding hydrogens is 219 g/mol. The summed E-state index contributed by atoms with van der Waals surface area (Å²) < 4.78 is 18.2. The summed E-state index contributed by atoms with van der Waals surface area (Å²) in [6.45, 7) is 4.65. The zero-order chi connectivity index (χ0) is 12.9. The van der Waals surface area contributed by atoms with E-state index < -0.39 is 5.82 Å². The van der Waals surface area contributed by atoms with E-state index in [4.69, 9.17) is 10.00 Å². The summed E-state index contributed by atoms with van der Waals surface area (Å²) in [5, 5.41) is 12.0. The highest BCUT2D eigenvalue weighted by Crippen LogP contribution is 2.18. The molecule has 0 radical (unpaired) electrons. The van der Waals surface area contributed by atoms with Crippen molar-refractivity contribution in [3.8, 4) is 6.07 Å². The molecular formula is C13H17FN2O. The first-order chi connectivity index (χ1) is 7.98. The van der Waals surface area contributed by atoms with Crippen LogP contribution in [0.2, 0.25) is 0 Å². The first-order valence-electron chi connectivity index (χ1n) is 5.47. The Morgan fingerprint density at radius 1 is 1.47 bits per heavy atom. The minimum Gasteiger partial charge on any atom is -0.384 e. The topological polar surface area (TPSA) is 45.0 Å². The van der Waals surface area contributed by atoms with Crippen LogP contribution in [0.4, 0.5) is 10.1 Å². The molecule has 0 aliphatic rings. The maximum absolute atomic E-state index is 12.9. The molecule has 0 aliphatic heterocycles. The van der Waals surface area contributed by atoms with Crippen LogP contribution in [0, 0.1) is 17.1 Å². The summed E-state index contributed by atoms with van der Waals surface area (Å²) in [7, 11) is 1.67.